The zero-order chi connectivity index (χ0) is 18.0. The van der Waals surface area contributed by atoms with E-state index in [1.54, 1.807) is 11.7 Å². The van der Waals surface area contributed by atoms with Crippen molar-refractivity contribution in [1.82, 2.24) is 35.4 Å². The van der Waals surface area contributed by atoms with E-state index in [0.717, 1.165) is 16.6 Å². The number of hydrogen-bond donors (Lipinski definition) is 2. The second-order valence-corrected chi connectivity index (χ2v) is 5.93. The van der Waals surface area contributed by atoms with Gasteiger partial charge in [0, 0.05) is 11.5 Å². The molecule has 3 rings (SSSR count). The van der Waals surface area contributed by atoms with Crippen molar-refractivity contribution in [2.45, 2.75) is 20.0 Å². The zero-order valence-corrected chi connectivity index (χ0v) is 15.0. The zero-order valence-electron chi connectivity index (χ0n) is 13.4. The van der Waals surface area contributed by atoms with Crippen LogP contribution in [0, 0.1) is 0 Å². The summed E-state index contributed by atoms with van der Waals surface area (Å²) in [4.78, 5) is 15.6. The molecule has 2 N–H and O–H groups in total. The standard InChI is InChI=1S/C14H14BrN7O3/c1-3-8-7(15)4-5-9(16-8)11-10(22(2)21-18-11)6-25-13-12(14(23)24)17-20-19-13/h4-5H,3,6H2,1-2H3,(H,23,24)(H,17,19,20). The van der Waals surface area contributed by atoms with Gasteiger partial charge in [0.2, 0.25) is 5.69 Å². The van der Waals surface area contributed by atoms with E-state index in [2.05, 4.69) is 46.6 Å². The number of aromatic nitrogens is 7. The van der Waals surface area contributed by atoms with E-state index < -0.39 is 5.97 Å². The van der Waals surface area contributed by atoms with E-state index in [0.29, 0.717) is 17.1 Å². The number of H-pyrrole nitrogens is 1. The Labute approximate surface area is 150 Å². The number of halogens is 1. The Hall–Kier alpha value is -2.82. The fraction of sp³-hybridized carbons (Fsp3) is 0.286. The summed E-state index contributed by atoms with van der Waals surface area (Å²) in [5, 5.41) is 26.5. The maximum atomic E-state index is 11.1. The van der Waals surface area contributed by atoms with Crippen LogP contribution in [0.5, 0.6) is 5.88 Å². The molecule has 3 aromatic rings. The molecule has 0 aliphatic rings. The molecule has 0 bridgehead atoms. The fourth-order valence-electron chi connectivity index (χ4n) is 2.20. The summed E-state index contributed by atoms with van der Waals surface area (Å²) in [6.07, 6.45) is 0.765. The molecule has 0 aromatic carbocycles. The van der Waals surface area contributed by atoms with Crippen molar-refractivity contribution in [1.29, 1.82) is 0 Å². The summed E-state index contributed by atoms with van der Waals surface area (Å²) in [6, 6.07) is 3.73. The van der Waals surface area contributed by atoms with Crippen molar-refractivity contribution in [3.63, 3.8) is 0 Å². The normalized spacial score (nSPS) is 10.8. The minimum absolute atomic E-state index is 0.0187. The van der Waals surface area contributed by atoms with E-state index in [-0.39, 0.29) is 18.2 Å². The van der Waals surface area contributed by atoms with Crippen LogP contribution in [-0.2, 0) is 20.1 Å². The largest absolute Gasteiger partial charge is 0.476 e. The number of hydrogen-bond acceptors (Lipinski definition) is 7. The first kappa shape index (κ1) is 17.0. The number of nitrogens with zero attached hydrogens (tertiary/aromatic N) is 6. The molecule has 0 aliphatic heterocycles. The van der Waals surface area contributed by atoms with Gasteiger partial charge in [-0.2, -0.15) is 0 Å². The third-order valence-corrected chi connectivity index (χ3v) is 4.24. The van der Waals surface area contributed by atoms with Gasteiger partial charge in [-0.25, -0.2) is 19.6 Å². The highest BCUT2D eigenvalue weighted by Gasteiger charge is 2.20. The molecule has 0 atom stereocenters. The monoisotopic (exact) mass is 407 g/mol. The maximum absolute atomic E-state index is 11.1. The number of carboxylic acids is 1. The van der Waals surface area contributed by atoms with E-state index in [1.807, 2.05) is 19.1 Å². The summed E-state index contributed by atoms with van der Waals surface area (Å²) in [6.45, 7) is 2.03. The molecule has 25 heavy (non-hydrogen) atoms. The molecule has 0 fully saturated rings. The summed E-state index contributed by atoms with van der Waals surface area (Å²) in [5.74, 6) is -1.30. The molecule has 0 amide bonds. The molecule has 130 valence electrons. The Balaban J connectivity index is 1.90. The Kier molecular flexibility index (Phi) is 4.74. The highest BCUT2D eigenvalue weighted by molar-refractivity contribution is 9.10. The molecule has 0 aliphatic carbocycles. The van der Waals surface area contributed by atoms with Crippen molar-refractivity contribution >= 4 is 21.9 Å². The van der Waals surface area contributed by atoms with Gasteiger partial charge in [-0.3, -0.25) is 0 Å². The van der Waals surface area contributed by atoms with Gasteiger partial charge in [0.15, 0.2) is 0 Å². The average Bonchev–Trinajstić information content (AvgIpc) is 3.20. The van der Waals surface area contributed by atoms with Gasteiger partial charge in [0.1, 0.15) is 18.0 Å². The number of aromatic carboxylic acids is 1. The van der Waals surface area contributed by atoms with E-state index >= 15 is 0 Å². The molecular weight excluding hydrogens is 394 g/mol. The van der Waals surface area contributed by atoms with Gasteiger partial charge in [-0.1, -0.05) is 22.4 Å². The first-order valence-corrected chi connectivity index (χ1v) is 8.12. The van der Waals surface area contributed by atoms with Crippen LogP contribution in [0.15, 0.2) is 16.6 Å². The lowest BCUT2D eigenvalue weighted by Gasteiger charge is -2.07. The molecule has 11 heteroatoms. The highest BCUT2D eigenvalue weighted by atomic mass is 79.9. The summed E-state index contributed by atoms with van der Waals surface area (Å²) in [5.41, 5.74) is 2.54. The molecule has 10 nitrogen and oxygen atoms in total. The first-order chi connectivity index (χ1) is 12.0. The van der Waals surface area contributed by atoms with Crippen molar-refractivity contribution in [3.8, 4) is 17.3 Å². The SMILES string of the molecule is CCc1nc(-c2nnn(C)c2COc2nn[nH]c2C(=O)O)ccc1Br. The number of ether oxygens (including phenoxy) is 1. The van der Waals surface area contributed by atoms with Crippen molar-refractivity contribution in [2.75, 3.05) is 0 Å². The summed E-state index contributed by atoms with van der Waals surface area (Å²) >= 11 is 3.46. The second-order valence-electron chi connectivity index (χ2n) is 5.07. The molecule has 0 unspecified atom stereocenters. The van der Waals surface area contributed by atoms with Crippen LogP contribution in [0.1, 0.15) is 28.8 Å². The lowest BCUT2D eigenvalue weighted by Crippen LogP contribution is -2.07. The van der Waals surface area contributed by atoms with Crippen LogP contribution in [-0.4, -0.2) is 46.5 Å². The maximum Gasteiger partial charge on any atom is 0.359 e. The van der Waals surface area contributed by atoms with E-state index in [1.165, 1.54) is 0 Å². The topological polar surface area (TPSA) is 132 Å². The predicted octanol–water partition coefficient (Wildman–Crippen LogP) is 1.60. The smallest absolute Gasteiger partial charge is 0.359 e. The number of rotatable bonds is 6. The van der Waals surface area contributed by atoms with Crippen LogP contribution >= 0.6 is 15.9 Å². The van der Waals surface area contributed by atoms with Gasteiger partial charge < -0.3 is 9.84 Å². The number of carbonyl (C=O) groups is 1. The van der Waals surface area contributed by atoms with Crippen LogP contribution < -0.4 is 4.74 Å². The van der Waals surface area contributed by atoms with Crippen LogP contribution in [0.3, 0.4) is 0 Å². The second kappa shape index (κ2) is 6.97. The molecule has 3 heterocycles. The Morgan fingerprint density at radius 1 is 1.40 bits per heavy atom. The van der Waals surface area contributed by atoms with E-state index in [4.69, 9.17) is 9.84 Å². The number of nitrogens with one attached hydrogen (secondary N) is 1. The van der Waals surface area contributed by atoms with Gasteiger partial charge in [0.05, 0.1) is 11.4 Å². The minimum Gasteiger partial charge on any atom is -0.476 e. The Bertz CT molecular complexity index is 921. The summed E-state index contributed by atoms with van der Waals surface area (Å²) < 4.78 is 7.95. The molecule has 3 aromatic heterocycles. The van der Waals surface area contributed by atoms with Gasteiger partial charge in [0.25, 0.3) is 5.88 Å². The van der Waals surface area contributed by atoms with Crippen molar-refractivity contribution < 1.29 is 14.6 Å². The van der Waals surface area contributed by atoms with Gasteiger partial charge >= 0.3 is 5.97 Å². The predicted molar refractivity (Wildman–Crippen MR) is 89.0 cm³/mol. The molecule has 0 saturated heterocycles. The average molecular weight is 408 g/mol. The quantitative estimate of drug-likeness (QED) is 0.629. The van der Waals surface area contributed by atoms with Gasteiger partial charge in [-0.05, 0) is 34.5 Å². The molecular formula is C14H14BrN7O3. The number of aromatic amines is 1. The molecule has 0 radical (unpaired) electrons. The van der Waals surface area contributed by atoms with Crippen molar-refractivity contribution in [2.24, 2.45) is 7.05 Å². The van der Waals surface area contributed by atoms with Crippen LogP contribution in [0.4, 0.5) is 0 Å². The molecule has 0 spiro atoms. The minimum atomic E-state index is -1.20. The Morgan fingerprint density at radius 2 is 2.20 bits per heavy atom. The number of carboxylic acid groups (broad SMARTS) is 1. The van der Waals surface area contributed by atoms with E-state index in [9.17, 15) is 4.79 Å². The number of aryl methyl sites for hydroxylation is 2. The fourth-order valence-corrected chi connectivity index (χ4v) is 2.70. The lowest BCUT2D eigenvalue weighted by molar-refractivity contribution is 0.0685. The number of pyridine rings is 1. The lowest BCUT2D eigenvalue weighted by atomic mass is 10.2. The first-order valence-electron chi connectivity index (χ1n) is 7.32. The third kappa shape index (κ3) is 3.36. The highest BCUT2D eigenvalue weighted by Crippen LogP contribution is 2.24. The van der Waals surface area contributed by atoms with Crippen LogP contribution in [0.25, 0.3) is 11.4 Å². The van der Waals surface area contributed by atoms with Gasteiger partial charge in [-0.15, -0.1) is 5.10 Å². The molecule has 0 saturated carbocycles. The van der Waals surface area contributed by atoms with Crippen LogP contribution in [0.2, 0.25) is 0 Å². The third-order valence-electron chi connectivity index (χ3n) is 3.51. The van der Waals surface area contributed by atoms with Crippen molar-refractivity contribution in [3.05, 3.63) is 33.7 Å². The Morgan fingerprint density at radius 3 is 2.92 bits per heavy atom. The summed E-state index contributed by atoms with van der Waals surface area (Å²) in [7, 11) is 1.72.